The molecular weight excluding hydrogens is 335 g/mol. The van der Waals surface area contributed by atoms with E-state index >= 15 is 0 Å². The number of hydrogen-bond acceptors (Lipinski definition) is 5. The fourth-order valence-corrected chi connectivity index (χ4v) is 2.27. The van der Waals surface area contributed by atoms with Gasteiger partial charge in [0.1, 0.15) is 29.4 Å². The maximum atomic E-state index is 12.9. The van der Waals surface area contributed by atoms with Crippen molar-refractivity contribution in [2.45, 2.75) is 6.54 Å². The lowest BCUT2D eigenvalue weighted by atomic mass is 10.2. The number of hydrogen-bond donors (Lipinski definition) is 2. The van der Waals surface area contributed by atoms with Gasteiger partial charge in [0.2, 0.25) is 0 Å². The molecule has 2 aromatic carbocycles. The Bertz CT molecular complexity index is 900. The van der Waals surface area contributed by atoms with Gasteiger partial charge in [0.15, 0.2) is 0 Å². The Labute approximate surface area is 150 Å². The van der Waals surface area contributed by atoms with Crippen LogP contribution in [-0.2, 0) is 6.54 Å². The van der Waals surface area contributed by atoms with E-state index in [0.717, 1.165) is 5.56 Å². The molecule has 3 rings (SSSR count). The van der Waals surface area contributed by atoms with Crippen LogP contribution in [0.15, 0.2) is 60.9 Å². The molecule has 0 saturated heterocycles. The number of nitrogens with one attached hydrogen (secondary N) is 2. The molecule has 0 spiro atoms. The first-order valence-corrected chi connectivity index (χ1v) is 7.90. The molecule has 26 heavy (non-hydrogen) atoms. The third kappa shape index (κ3) is 4.54. The summed E-state index contributed by atoms with van der Waals surface area (Å²) in [6.07, 6.45) is 1.31. The predicted octanol–water partition coefficient (Wildman–Crippen LogP) is 3.49. The molecule has 0 aliphatic rings. The van der Waals surface area contributed by atoms with Crippen LogP contribution in [0, 0.1) is 5.82 Å². The molecule has 0 saturated carbocycles. The fraction of sp³-hybridized carbons (Fsp3) is 0.105. The molecule has 1 amide bonds. The quantitative estimate of drug-likeness (QED) is 0.710. The second-order valence-corrected chi connectivity index (χ2v) is 5.45. The SMILES string of the molecule is COc1cccc(NC(=O)c2cc(NCc3ccc(F)cc3)ncn2)c1. The molecular formula is C19H17FN4O2. The largest absolute Gasteiger partial charge is 0.497 e. The number of anilines is 2. The third-order valence-electron chi connectivity index (χ3n) is 3.61. The van der Waals surface area contributed by atoms with Crippen molar-refractivity contribution in [1.82, 2.24) is 9.97 Å². The van der Waals surface area contributed by atoms with Crippen molar-refractivity contribution < 1.29 is 13.9 Å². The molecule has 7 heteroatoms. The van der Waals surface area contributed by atoms with Crippen LogP contribution in [0.2, 0.25) is 0 Å². The number of carbonyl (C=O) groups excluding carboxylic acids is 1. The summed E-state index contributed by atoms with van der Waals surface area (Å²) in [6.45, 7) is 0.453. The Morgan fingerprint density at radius 3 is 2.69 bits per heavy atom. The Balaban J connectivity index is 1.65. The van der Waals surface area contributed by atoms with E-state index in [2.05, 4.69) is 20.6 Å². The smallest absolute Gasteiger partial charge is 0.274 e. The third-order valence-corrected chi connectivity index (χ3v) is 3.61. The average Bonchev–Trinajstić information content (AvgIpc) is 2.68. The van der Waals surface area contributed by atoms with E-state index in [1.807, 2.05) is 0 Å². The Kier molecular flexibility index (Phi) is 5.38. The zero-order valence-corrected chi connectivity index (χ0v) is 14.1. The van der Waals surface area contributed by atoms with E-state index in [1.54, 1.807) is 49.6 Å². The van der Waals surface area contributed by atoms with E-state index < -0.39 is 0 Å². The first kappa shape index (κ1) is 17.3. The van der Waals surface area contributed by atoms with E-state index in [4.69, 9.17) is 4.74 Å². The van der Waals surface area contributed by atoms with Gasteiger partial charge in [-0.2, -0.15) is 0 Å². The van der Waals surface area contributed by atoms with Gasteiger partial charge in [-0.1, -0.05) is 18.2 Å². The zero-order chi connectivity index (χ0) is 18.4. The van der Waals surface area contributed by atoms with Crippen LogP contribution in [0.5, 0.6) is 5.75 Å². The molecule has 0 bridgehead atoms. The van der Waals surface area contributed by atoms with Crippen molar-refractivity contribution in [3.05, 3.63) is 78.0 Å². The highest BCUT2D eigenvalue weighted by Gasteiger charge is 2.10. The summed E-state index contributed by atoms with van der Waals surface area (Å²) >= 11 is 0. The summed E-state index contributed by atoms with van der Waals surface area (Å²) < 4.78 is 18.1. The molecule has 0 atom stereocenters. The van der Waals surface area contributed by atoms with E-state index in [-0.39, 0.29) is 17.4 Å². The monoisotopic (exact) mass is 352 g/mol. The van der Waals surface area contributed by atoms with Gasteiger partial charge in [-0.3, -0.25) is 4.79 Å². The van der Waals surface area contributed by atoms with Gasteiger partial charge < -0.3 is 15.4 Å². The average molecular weight is 352 g/mol. The van der Waals surface area contributed by atoms with Crippen LogP contribution >= 0.6 is 0 Å². The number of nitrogens with zero attached hydrogens (tertiary/aromatic N) is 2. The van der Waals surface area contributed by atoms with Crippen LogP contribution in [-0.4, -0.2) is 23.0 Å². The first-order valence-electron chi connectivity index (χ1n) is 7.90. The second-order valence-electron chi connectivity index (χ2n) is 5.45. The number of amides is 1. The van der Waals surface area contributed by atoms with Crippen molar-refractivity contribution in [3.8, 4) is 5.75 Å². The highest BCUT2D eigenvalue weighted by Crippen LogP contribution is 2.17. The maximum absolute atomic E-state index is 12.9. The van der Waals surface area contributed by atoms with Crippen molar-refractivity contribution in [1.29, 1.82) is 0 Å². The number of benzene rings is 2. The highest BCUT2D eigenvalue weighted by molar-refractivity contribution is 6.03. The fourth-order valence-electron chi connectivity index (χ4n) is 2.27. The van der Waals surface area contributed by atoms with Crippen LogP contribution in [0.25, 0.3) is 0 Å². The number of rotatable bonds is 6. The standard InChI is InChI=1S/C19H17FN4O2/c1-26-16-4-2-3-15(9-16)24-19(25)17-10-18(23-12-22-17)21-11-13-5-7-14(20)8-6-13/h2-10,12H,11H2,1H3,(H,24,25)(H,21,22,23). The van der Waals surface area contributed by atoms with Crippen LogP contribution in [0.3, 0.4) is 0 Å². The van der Waals surface area contributed by atoms with Gasteiger partial charge in [0, 0.05) is 24.4 Å². The number of aromatic nitrogens is 2. The number of ether oxygens (including phenoxy) is 1. The van der Waals surface area contributed by atoms with Gasteiger partial charge in [-0.25, -0.2) is 14.4 Å². The summed E-state index contributed by atoms with van der Waals surface area (Å²) in [5.41, 5.74) is 1.73. The number of methoxy groups -OCH3 is 1. The zero-order valence-electron chi connectivity index (χ0n) is 14.1. The molecule has 2 N–H and O–H groups in total. The summed E-state index contributed by atoms with van der Waals surface area (Å²) in [5, 5.41) is 5.85. The second kappa shape index (κ2) is 8.06. The highest BCUT2D eigenvalue weighted by atomic mass is 19.1. The van der Waals surface area contributed by atoms with Gasteiger partial charge in [0.25, 0.3) is 5.91 Å². The minimum atomic E-state index is -0.356. The molecule has 0 unspecified atom stereocenters. The lowest BCUT2D eigenvalue weighted by molar-refractivity contribution is 0.102. The Morgan fingerprint density at radius 1 is 1.12 bits per heavy atom. The van der Waals surface area contributed by atoms with Crippen molar-refractivity contribution in [3.63, 3.8) is 0 Å². The molecule has 1 heterocycles. The molecule has 0 aliphatic carbocycles. The van der Waals surface area contributed by atoms with E-state index in [9.17, 15) is 9.18 Å². The van der Waals surface area contributed by atoms with Crippen molar-refractivity contribution in [2.75, 3.05) is 17.7 Å². The summed E-state index contributed by atoms with van der Waals surface area (Å²) in [5.74, 6) is 0.505. The van der Waals surface area contributed by atoms with E-state index in [0.29, 0.717) is 23.8 Å². The minimum Gasteiger partial charge on any atom is -0.497 e. The molecule has 0 aliphatic heterocycles. The van der Waals surface area contributed by atoms with E-state index in [1.165, 1.54) is 18.5 Å². The maximum Gasteiger partial charge on any atom is 0.274 e. The van der Waals surface area contributed by atoms with Gasteiger partial charge in [-0.05, 0) is 29.8 Å². The normalized spacial score (nSPS) is 10.2. The lowest BCUT2D eigenvalue weighted by Crippen LogP contribution is -2.14. The Hall–Kier alpha value is -3.48. The van der Waals surface area contributed by atoms with Crippen molar-refractivity contribution >= 4 is 17.4 Å². The first-order chi connectivity index (χ1) is 12.6. The predicted molar refractivity (Wildman–Crippen MR) is 96.7 cm³/mol. The summed E-state index contributed by atoms with van der Waals surface area (Å²) in [6, 6.07) is 14.7. The molecule has 1 aromatic heterocycles. The van der Waals surface area contributed by atoms with Crippen LogP contribution in [0.4, 0.5) is 15.9 Å². The number of carbonyl (C=O) groups is 1. The van der Waals surface area contributed by atoms with Crippen LogP contribution < -0.4 is 15.4 Å². The molecule has 0 fully saturated rings. The topological polar surface area (TPSA) is 76.1 Å². The lowest BCUT2D eigenvalue weighted by Gasteiger charge is -2.08. The minimum absolute atomic E-state index is 0.226. The van der Waals surface area contributed by atoms with Gasteiger partial charge in [0.05, 0.1) is 7.11 Å². The number of halogens is 1. The molecule has 6 nitrogen and oxygen atoms in total. The van der Waals surface area contributed by atoms with Crippen molar-refractivity contribution in [2.24, 2.45) is 0 Å². The van der Waals surface area contributed by atoms with Gasteiger partial charge >= 0.3 is 0 Å². The van der Waals surface area contributed by atoms with Crippen LogP contribution in [0.1, 0.15) is 16.1 Å². The molecule has 3 aromatic rings. The summed E-state index contributed by atoms with van der Waals surface area (Å²) in [7, 11) is 1.56. The summed E-state index contributed by atoms with van der Waals surface area (Å²) in [4.78, 5) is 20.5. The molecule has 0 radical (unpaired) electrons. The molecule has 132 valence electrons. The Morgan fingerprint density at radius 2 is 1.92 bits per heavy atom. The van der Waals surface area contributed by atoms with Gasteiger partial charge in [-0.15, -0.1) is 0 Å².